The summed E-state index contributed by atoms with van der Waals surface area (Å²) >= 11 is 0. The van der Waals surface area contributed by atoms with Crippen LogP contribution in [0.5, 0.6) is 0 Å². The molecule has 2 unspecified atom stereocenters. The molecule has 0 aromatic heterocycles. The Kier molecular flexibility index (Phi) is 14.9. The lowest BCUT2D eigenvalue weighted by Crippen LogP contribution is -2.31. The molecule has 0 aromatic carbocycles. The average Bonchev–Trinajstić information content (AvgIpc) is 2.76. The molecular weight excluding hydrogens is 376 g/mol. The van der Waals surface area contributed by atoms with Gasteiger partial charge in [0.1, 0.15) is 6.10 Å². The Hall–Kier alpha value is -1.06. The van der Waals surface area contributed by atoms with Gasteiger partial charge in [-0.1, -0.05) is 72.6 Å². The lowest BCUT2D eigenvalue weighted by Gasteiger charge is -2.28. The van der Waals surface area contributed by atoms with E-state index >= 15 is 0 Å². The van der Waals surface area contributed by atoms with Crippen molar-refractivity contribution in [2.24, 2.45) is 17.8 Å². The van der Waals surface area contributed by atoms with Crippen LogP contribution >= 0.6 is 0 Å². The number of unbranched alkanes of at least 4 members (excludes halogenated alkanes) is 4. The van der Waals surface area contributed by atoms with Crippen molar-refractivity contribution in [3.05, 3.63) is 0 Å². The molecule has 2 atom stereocenters. The van der Waals surface area contributed by atoms with Crippen LogP contribution in [0.25, 0.3) is 0 Å². The maximum atomic E-state index is 12.7. The molecule has 1 saturated carbocycles. The summed E-state index contributed by atoms with van der Waals surface area (Å²) in [7, 11) is 0. The van der Waals surface area contributed by atoms with Gasteiger partial charge in [-0.15, -0.1) is 0 Å². The molecule has 1 aliphatic carbocycles. The highest BCUT2D eigenvalue weighted by atomic mass is 16.5. The van der Waals surface area contributed by atoms with E-state index in [-0.39, 0.29) is 29.9 Å². The third-order valence-electron chi connectivity index (χ3n) is 6.67. The minimum Gasteiger partial charge on any atom is -0.465 e. The van der Waals surface area contributed by atoms with Crippen molar-refractivity contribution in [3.8, 4) is 0 Å². The molecule has 0 aliphatic heterocycles. The number of hydrogen-bond acceptors (Lipinski definition) is 4. The van der Waals surface area contributed by atoms with Gasteiger partial charge in [-0.2, -0.15) is 0 Å². The van der Waals surface area contributed by atoms with Gasteiger partial charge in [0.25, 0.3) is 0 Å². The van der Waals surface area contributed by atoms with Gasteiger partial charge < -0.3 is 9.47 Å². The summed E-state index contributed by atoms with van der Waals surface area (Å²) < 4.78 is 11.5. The Balaban J connectivity index is 2.35. The Labute approximate surface area is 185 Å². The first-order valence-electron chi connectivity index (χ1n) is 12.9. The molecule has 1 fully saturated rings. The molecule has 30 heavy (non-hydrogen) atoms. The van der Waals surface area contributed by atoms with Crippen LogP contribution < -0.4 is 0 Å². The summed E-state index contributed by atoms with van der Waals surface area (Å²) in [5.74, 6) is 0.293. The van der Waals surface area contributed by atoms with E-state index in [1.54, 1.807) is 0 Å². The summed E-state index contributed by atoms with van der Waals surface area (Å²) in [5, 5.41) is 0. The Bertz CT molecular complexity index is 454. The number of hydrogen-bond donors (Lipinski definition) is 0. The molecule has 0 bridgehead atoms. The largest absolute Gasteiger partial charge is 0.465 e. The lowest BCUT2D eigenvalue weighted by molar-refractivity contribution is -0.159. The highest BCUT2D eigenvalue weighted by Crippen LogP contribution is 2.31. The molecule has 4 heteroatoms. The SMILES string of the molecule is CCCCCCC(CCC)OC(=O)C1CCC(C(=O)OCC(CC)CCCC)CC1. The standard InChI is InChI=1S/C26H48O4/c1-5-9-11-12-15-24(13-7-3)30-26(28)23-18-16-22(17-19-23)25(27)29-20-21(8-4)14-10-6-2/h21-24H,5-20H2,1-4H3. The fourth-order valence-electron chi connectivity index (χ4n) is 4.42. The number of ether oxygens (including phenoxy) is 2. The van der Waals surface area contributed by atoms with Gasteiger partial charge in [0.15, 0.2) is 0 Å². The van der Waals surface area contributed by atoms with E-state index in [1.807, 2.05) is 0 Å². The predicted octanol–water partition coefficient (Wildman–Crippen LogP) is 7.23. The summed E-state index contributed by atoms with van der Waals surface area (Å²) in [6.45, 7) is 9.27. The maximum Gasteiger partial charge on any atom is 0.309 e. The first-order valence-corrected chi connectivity index (χ1v) is 12.9. The van der Waals surface area contributed by atoms with Gasteiger partial charge in [-0.3, -0.25) is 9.59 Å². The third kappa shape index (κ3) is 10.8. The van der Waals surface area contributed by atoms with E-state index in [4.69, 9.17) is 9.47 Å². The van der Waals surface area contributed by atoms with Crippen molar-refractivity contribution in [2.45, 2.75) is 130 Å². The van der Waals surface area contributed by atoms with Crippen LogP contribution in [-0.2, 0) is 19.1 Å². The third-order valence-corrected chi connectivity index (χ3v) is 6.67. The first kappa shape index (κ1) is 27.0. The zero-order valence-corrected chi connectivity index (χ0v) is 20.3. The molecule has 1 aliphatic rings. The molecule has 0 N–H and O–H groups in total. The Morgan fingerprint density at radius 2 is 1.37 bits per heavy atom. The Morgan fingerprint density at radius 3 is 1.93 bits per heavy atom. The minimum absolute atomic E-state index is 0.0404. The van der Waals surface area contributed by atoms with Crippen molar-refractivity contribution in [1.82, 2.24) is 0 Å². The molecule has 1 rings (SSSR count). The summed E-state index contributed by atoms with van der Waals surface area (Å²) in [5.41, 5.74) is 0. The van der Waals surface area contributed by atoms with E-state index in [0.717, 1.165) is 64.2 Å². The van der Waals surface area contributed by atoms with Crippen LogP contribution in [0.1, 0.15) is 124 Å². The summed E-state index contributed by atoms with van der Waals surface area (Å²) in [4.78, 5) is 25.1. The average molecular weight is 425 g/mol. The smallest absolute Gasteiger partial charge is 0.309 e. The molecule has 0 heterocycles. The molecule has 4 nitrogen and oxygen atoms in total. The fraction of sp³-hybridized carbons (Fsp3) is 0.923. The van der Waals surface area contributed by atoms with Gasteiger partial charge in [0.2, 0.25) is 0 Å². The van der Waals surface area contributed by atoms with Gasteiger partial charge in [0.05, 0.1) is 18.4 Å². The molecule has 0 radical (unpaired) electrons. The van der Waals surface area contributed by atoms with Crippen LogP contribution in [0, 0.1) is 17.8 Å². The van der Waals surface area contributed by atoms with Gasteiger partial charge in [0, 0.05) is 0 Å². The van der Waals surface area contributed by atoms with Crippen molar-refractivity contribution in [1.29, 1.82) is 0 Å². The fourth-order valence-corrected chi connectivity index (χ4v) is 4.42. The first-order chi connectivity index (χ1) is 14.5. The molecule has 176 valence electrons. The second-order valence-electron chi connectivity index (χ2n) is 9.29. The Morgan fingerprint density at radius 1 is 0.733 bits per heavy atom. The van der Waals surface area contributed by atoms with Crippen molar-refractivity contribution in [2.75, 3.05) is 6.61 Å². The van der Waals surface area contributed by atoms with E-state index in [2.05, 4.69) is 27.7 Å². The number of carbonyl (C=O) groups is 2. The van der Waals surface area contributed by atoms with Crippen LogP contribution in [0.2, 0.25) is 0 Å². The van der Waals surface area contributed by atoms with Crippen molar-refractivity contribution >= 4 is 11.9 Å². The molecule has 0 aromatic rings. The van der Waals surface area contributed by atoms with Crippen LogP contribution in [0.15, 0.2) is 0 Å². The summed E-state index contributed by atoms with van der Waals surface area (Å²) in [6, 6.07) is 0. The zero-order valence-electron chi connectivity index (χ0n) is 20.3. The molecule has 0 saturated heterocycles. The highest BCUT2D eigenvalue weighted by molar-refractivity contribution is 5.75. The van der Waals surface area contributed by atoms with Crippen LogP contribution in [-0.4, -0.2) is 24.6 Å². The van der Waals surface area contributed by atoms with Crippen molar-refractivity contribution < 1.29 is 19.1 Å². The van der Waals surface area contributed by atoms with E-state index < -0.39 is 0 Å². The second-order valence-corrected chi connectivity index (χ2v) is 9.29. The maximum absolute atomic E-state index is 12.7. The zero-order chi connectivity index (χ0) is 22.2. The van der Waals surface area contributed by atoms with E-state index in [9.17, 15) is 9.59 Å². The summed E-state index contributed by atoms with van der Waals surface area (Å²) in [6.07, 6.45) is 15.5. The lowest BCUT2D eigenvalue weighted by atomic mass is 9.82. The van der Waals surface area contributed by atoms with Crippen LogP contribution in [0.4, 0.5) is 0 Å². The monoisotopic (exact) mass is 424 g/mol. The number of carbonyl (C=O) groups excluding carboxylic acids is 2. The molecule has 0 spiro atoms. The van der Waals surface area contributed by atoms with Gasteiger partial charge >= 0.3 is 11.9 Å². The normalized spacial score (nSPS) is 21.1. The van der Waals surface area contributed by atoms with E-state index in [0.29, 0.717) is 12.5 Å². The molecule has 0 amide bonds. The highest BCUT2D eigenvalue weighted by Gasteiger charge is 2.32. The minimum atomic E-state index is -0.0588. The number of rotatable bonds is 16. The van der Waals surface area contributed by atoms with Crippen LogP contribution in [0.3, 0.4) is 0 Å². The quantitative estimate of drug-likeness (QED) is 0.194. The van der Waals surface area contributed by atoms with Crippen molar-refractivity contribution in [3.63, 3.8) is 0 Å². The van der Waals surface area contributed by atoms with Gasteiger partial charge in [-0.05, 0) is 57.3 Å². The van der Waals surface area contributed by atoms with Gasteiger partial charge in [-0.25, -0.2) is 0 Å². The predicted molar refractivity (Wildman–Crippen MR) is 123 cm³/mol. The topological polar surface area (TPSA) is 52.6 Å². The number of esters is 2. The van der Waals surface area contributed by atoms with E-state index in [1.165, 1.54) is 32.1 Å². The molecular formula is C26H48O4. The second kappa shape index (κ2) is 16.6.